The summed E-state index contributed by atoms with van der Waals surface area (Å²) in [4.78, 5) is 24.6. The fraction of sp³-hybridized carbons (Fsp3) is 0.818. The third-order valence-electron chi connectivity index (χ3n) is 2.50. The van der Waals surface area contributed by atoms with Crippen molar-refractivity contribution in [2.45, 2.75) is 26.2 Å². The van der Waals surface area contributed by atoms with Crippen molar-refractivity contribution in [1.82, 2.24) is 10.2 Å². The molecule has 2 amide bonds. The summed E-state index contributed by atoms with van der Waals surface area (Å²) in [5.41, 5.74) is 0. The van der Waals surface area contributed by atoms with Crippen LogP contribution < -0.4 is 5.32 Å². The summed E-state index contributed by atoms with van der Waals surface area (Å²) in [6.45, 7) is 4.77. The predicted molar refractivity (Wildman–Crippen MR) is 59.9 cm³/mol. The Hall–Kier alpha value is -1.10. The van der Waals surface area contributed by atoms with E-state index in [1.165, 1.54) is 0 Å². The number of hydrogen-bond donors (Lipinski definition) is 1. The highest BCUT2D eigenvalue weighted by atomic mass is 16.5. The van der Waals surface area contributed by atoms with Gasteiger partial charge in [0, 0.05) is 32.7 Å². The molecule has 1 heterocycles. The van der Waals surface area contributed by atoms with E-state index in [0.29, 0.717) is 32.7 Å². The van der Waals surface area contributed by atoms with E-state index < -0.39 is 0 Å². The van der Waals surface area contributed by atoms with Crippen LogP contribution in [0.1, 0.15) is 26.2 Å². The lowest BCUT2D eigenvalue weighted by Crippen LogP contribution is -2.37. The van der Waals surface area contributed by atoms with Gasteiger partial charge in [0.2, 0.25) is 11.8 Å². The number of nitrogens with one attached hydrogen (secondary N) is 1. The van der Waals surface area contributed by atoms with Crippen molar-refractivity contribution in [3.8, 4) is 0 Å². The summed E-state index contributed by atoms with van der Waals surface area (Å²) in [5.74, 6) is -0.00703. The van der Waals surface area contributed by atoms with E-state index in [0.717, 1.165) is 12.8 Å². The van der Waals surface area contributed by atoms with Crippen LogP contribution in [0.5, 0.6) is 0 Å². The smallest absolute Gasteiger partial charge is 0.239 e. The zero-order valence-electron chi connectivity index (χ0n) is 9.83. The van der Waals surface area contributed by atoms with Gasteiger partial charge in [0.25, 0.3) is 0 Å². The van der Waals surface area contributed by atoms with E-state index in [1.807, 2.05) is 6.92 Å². The predicted octanol–water partition coefficient (Wildman–Crippen LogP) is 0.152. The molecule has 1 fully saturated rings. The van der Waals surface area contributed by atoms with Gasteiger partial charge in [-0.05, 0) is 19.8 Å². The first-order valence-electron chi connectivity index (χ1n) is 5.86. The van der Waals surface area contributed by atoms with Gasteiger partial charge in [-0.3, -0.25) is 9.59 Å². The lowest BCUT2D eigenvalue weighted by molar-refractivity contribution is -0.135. The fourth-order valence-corrected chi connectivity index (χ4v) is 1.65. The Morgan fingerprint density at radius 3 is 3.12 bits per heavy atom. The molecular formula is C11H20N2O3. The molecule has 0 atom stereocenters. The minimum absolute atomic E-state index is 0.0525. The van der Waals surface area contributed by atoms with Gasteiger partial charge in [0.15, 0.2) is 0 Å². The van der Waals surface area contributed by atoms with Gasteiger partial charge < -0.3 is 15.0 Å². The lowest BCUT2D eigenvalue weighted by atomic mass is 10.2. The zero-order valence-corrected chi connectivity index (χ0v) is 9.83. The van der Waals surface area contributed by atoms with Gasteiger partial charge >= 0.3 is 0 Å². The van der Waals surface area contributed by atoms with Crippen LogP contribution in [0.2, 0.25) is 0 Å². The number of nitrogens with zero attached hydrogens (tertiary/aromatic N) is 1. The third kappa shape index (κ3) is 4.61. The number of ether oxygens (including phenoxy) is 1. The van der Waals surface area contributed by atoms with Crippen molar-refractivity contribution in [3.05, 3.63) is 0 Å². The van der Waals surface area contributed by atoms with E-state index in [9.17, 15) is 9.59 Å². The van der Waals surface area contributed by atoms with Crippen LogP contribution in [-0.2, 0) is 14.3 Å². The maximum atomic E-state index is 11.7. The molecule has 0 radical (unpaired) electrons. The Morgan fingerprint density at radius 2 is 2.38 bits per heavy atom. The fourth-order valence-electron chi connectivity index (χ4n) is 1.65. The lowest BCUT2D eigenvalue weighted by Gasteiger charge is -2.18. The van der Waals surface area contributed by atoms with Crippen molar-refractivity contribution in [1.29, 1.82) is 0 Å². The largest absolute Gasteiger partial charge is 0.382 e. The van der Waals surface area contributed by atoms with E-state index in [-0.39, 0.29) is 18.4 Å². The molecule has 0 aromatic carbocycles. The van der Waals surface area contributed by atoms with Gasteiger partial charge in [0.1, 0.15) is 0 Å². The first-order valence-corrected chi connectivity index (χ1v) is 5.86. The van der Waals surface area contributed by atoms with E-state index in [1.54, 1.807) is 4.90 Å². The van der Waals surface area contributed by atoms with E-state index in [2.05, 4.69) is 5.32 Å². The molecule has 16 heavy (non-hydrogen) atoms. The summed E-state index contributed by atoms with van der Waals surface area (Å²) in [6.07, 6.45) is 2.03. The summed E-state index contributed by atoms with van der Waals surface area (Å²) >= 11 is 0. The number of rotatable bonds is 5. The van der Waals surface area contributed by atoms with Crippen LogP contribution in [0.3, 0.4) is 0 Å². The quantitative estimate of drug-likeness (QED) is 0.681. The molecule has 1 N–H and O–H groups in total. The highest BCUT2D eigenvalue weighted by molar-refractivity contribution is 5.85. The Bertz CT molecular complexity index is 243. The van der Waals surface area contributed by atoms with Gasteiger partial charge in [-0.1, -0.05) is 0 Å². The number of carbonyl (C=O) groups excluding carboxylic acids is 2. The van der Waals surface area contributed by atoms with Gasteiger partial charge in [0.05, 0.1) is 6.54 Å². The van der Waals surface area contributed by atoms with E-state index in [4.69, 9.17) is 4.74 Å². The number of amides is 2. The average Bonchev–Trinajstić information content (AvgIpc) is 2.49. The van der Waals surface area contributed by atoms with Crippen LogP contribution in [0.15, 0.2) is 0 Å². The average molecular weight is 228 g/mol. The summed E-state index contributed by atoms with van der Waals surface area (Å²) in [7, 11) is 0. The highest BCUT2D eigenvalue weighted by Gasteiger charge is 2.18. The molecule has 1 rings (SSSR count). The molecule has 0 saturated carbocycles. The van der Waals surface area contributed by atoms with Crippen LogP contribution in [-0.4, -0.2) is 49.6 Å². The van der Waals surface area contributed by atoms with Crippen molar-refractivity contribution in [2.24, 2.45) is 0 Å². The van der Waals surface area contributed by atoms with Gasteiger partial charge in [-0.15, -0.1) is 0 Å². The molecule has 0 spiro atoms. The number of hydrogen-bond acceptors (Lipinski definition) is 3. The van der Waals surface area contributed by atoms with Crippen molar-refractivity contribution in [2.75, 3.05) is 32.8 Å². The van der Waals surface area contributed by atoms with Crippen LogP contribution in [0.25, 0.3) is 0 Å². The molecule has 0 aromatic rings. The van der Waals surface area contributed by atoms with Crippen LogP contribution >= 0.6 is 0 Å². The molecule has 5 nitrogen and oxygen atoms in total. The first-order chi connectivity index (χ1) is 7.74. The van der Waals surface area contributed by atoms with Crippen LogP contribution in [0, 0.1) is 0 Å². The zero-order chi connectivity index (χ0) is 11.8. The Kier molecular flexibility index (Phi) is 5.85. The van der Waals surface area contributed by atoms with Gasteiger partial charge in [-0.2, -0.15) is 0 Å². The van der Waals surface area contributed by atoms with Gasteiger partial charge in [-0.25, -0.2) is 0 Å². The Balaban J connectivity index is 2.25. The SMILES string of the molecule is CCOCCCC(=O)N1CCCNC(=O)C1. The Labute approximate surface area is 96.1 Å². The molecule has 92 valence electrons. The minimum atomic E-state index is -0.0596. The summed E-state index contributed by atoms with van der Waals surface area (Å²) < 4.78 is 5.17. The minimum Gasteiger partial charge on any atom is -0.382 e. The second-order valence-corrected chi connectivity index (χ2v) is 3.82. The maximum absolute atomic E-state index is 11.7. The molecule has 5 heteroatoms. The first kappa shape index (κ1) is 13.0. The standard InChI is InChI=1S/C11H20N2O3/c1-2-16-8-3-5-11(15)13-7-4-6-12-10(14)9-13/h2-9H2,1H3,(H,12,14). The highest BCUT2D eigenvalue weighted by Crippen LogP contribution is 2.02. The normalized spacial score (nSPS) is 16.8. The van der Waals surface area contributed by atoms with E-state index >= 15 is 0 Å². The molecule has 1 saturated heterocycles. The second-order valence-electron chi connectivity index (χ2n) is 3.82. The Morgan fingerprint density at radius 1 is 1.56 bits per heavy atom. The third-order valence-corrected chi connectivity index (χ3v) is 2.50. The van der Waals surface area contributed by atoms with Crippen molar-refractivity contribution < 1.29 is 14.3 Å². The second kappa shape index (κ2) is 7.22. The monoisotopic (exact) mass is 228 g/mol. The molecule has 0 bridgehead atoms. The number of carbonyl (C=O) groups is 2. The molecule has 0 unspecified atom stereocenters. The molecular weight excluding hydrogens is 208 g/mol. The molecule has 0 aromatic heterocycles. The maximum Gasteiger partial charge on any atom is 0.239 e. The van der Waals surface area contributed by atoms with Crippen LogP contribution in [0.4, 0.5) is 0 Å². The summed E-state index contributed by atoms with van der Waals surface area (Å²) in [5, 5.41) is 2.75. The van der Waals surface area contributed by atoms with Crippen molar-refractivity contribution >= 4 is 11.8 Å². The van der Waals surface area contributed by atoms with Crippen molar-refractivity contribution in [3.63, 3.8) is 0 Å². The molecule has 1 aliphatic heterocycles. The molecule has 1 aliphatic rings. The summed E-state index contributed by atoms with van der Waals surface area (Å²) in [6, 6.07) is 0. The topological polar surface area (TPSA) is 58.6 Å². The molecule has 0 aliphatic carbocycles.